The van der Waals surface area contributed by atoms with E-state index in [1.807, 2.05) is 4.57 Å². The topological polar surface area (TPSA) is 167 Å². The van der Waals surface area contributed by atoms with E-state index in [0.29, 0.717) is 47.9 Å². The number of ether oxygens (including phenoxy) is 3. The van der Waals surface area contributed by atoms with Gasteiger partial charge in [0.25, 0.3) is 0 Å². The molecular weight excluding hydrogens is 565 g/mol. The average Bonchev–Trinajstić information content (AvgIpc) is 3.32. The van der Waals surface area contributed by atoms with Crippen LogP contribution >= 0.6 is 7.60 Å². The number of anilines is 1. The second-order valence-electron chi connectivity index (χ2n) is 11.7. The third-order valence-electron chi connectivity index (χ3n) is 5.92. The van der Waals surface area contributed by atoms with Crippen LogP contribution in [0.25, 0.3) is 11.2 Å². The maximum Gasteiger partial charge on any atom is 0.340 e. The van der Waals surface area contributed by atoms with Crippen molar-refractivity contribution in [3.63, 3.8) is 0 Å². The van der Waals surface area contributed by atoms with Crippen LogP contribution in [0.1, 0.15) is 59.9 Å². The molecule has 0 fully saturated rings. The van der Waals surface area contributed by atoms with Crippen LogP contribution < -0.4 is 10.5 Å². The molecule has 0 bridgehead atoms. The second-order valence-corrected chi connectivity index (χ2v) is 13.7. The van der Waals surface area contributed by atoms with Gasteiger partial charge in [-0.15, -0.1) is 0 Å². The number of carbonyl (C=O) groups excluding carboxylic acids is 2. The number of imidazole rings is 1. The molecule has 0 aliphatic heterocycles. The van der Waals surface area contributed by atoms with E-state index in [1.54, 1.807) is 72.1 Å². The molecule has 2 N–H and O–H groups in total. The Morgan fingerprint density at radius 2 is 1.52 bits per heavy atom. The summed E-state index contributed by atoms with van der Waals surface area (Å²) < 4.78 is 42.8. The predicted molar refractivity (Wildman–Crippen MR) is 155 cm³/mol. The SMILES string of the molecule is CC(C)(C)C(=O)OCOP(=O)(Cc1ccccc1OCCCCn1cnc2c(N)ncnc21)OCOC(=O)C(C)(C)C. The Kier molecular flexibility index (Phi) is 11.1. The van der Waals surface area contributed by atoms with E-state index in [9.17, 15) is 14.2 Å². The fraction of sp³-hybridized carbons (Fsp3) is 0.536. The molecule has 14 heteroatoms. The molecular formula is C28H40N5O8P. The van der Waals surface area contributed by atoms with Crippen molar-refractivity contribution in [2.75, 3.05) is 25.9 Å². The lowest BCUT2D eigenvalue weighted by Gasteiger charge is -2.22. The van der Waals surface area contributed by atoms with E-state index >= 15 is 0 Å². The van der Waals surface area contributed by atoms with Gasteiger partial charge < -0.3 is 24.5 Å². The Hall–Kier alpha value is -3.54. The molecule has 0 radical (unpaired) electrons. The highest BCUT2D eigenvalue weighted by Crippen LogP contribution is 2.52. The summed E-state index contributed by atoms with van der Waals surface area (Å²) in [5.41, 5.74) is 6.10. The second kappa shape index (κ2) is 14.1. The van der Waals surface area contributed by atoms with Gasteiger partial charge in [-0.1, -0.05) is 18.2 Å². The van der Waals surface area contributed by atoms with Gasteiger partial charge in [-0.2, -0.15) is 0 Å². The molecule has 0 saturated carbocycles. The Labute approximate surface area is 245 Å². The van der Waals surface area contributed by atoms with Gasteiger partial charge in [0.05, 0.1) is 29.9 Å². The molecule has 2 heterocycles. The minimum atomic E-state index is -3.96. The Morgan fingerprint density at radius 3 is 2.14 bits per heavy atom. The summed E-state index contributed by atoms with van der Waals surface area (Å²) in [4.78, 5) is 36.8. The van der Waals surface area contributed by atoms with Crippen molar-refractivity contribution >= 4 is 36.5 Å². The first kappa shape index (κ1) is 33.0. The van der Waals surface area contributed by atoms with Gasteiger partial charge in [-0.05, 0) is 60.5 Å². The molecule has 0 saturated heterocycles. The van der Waals surface area contributed by atoms with Gasteiger partial charge in [0.2, 0.25) is 13.6 Å². The van der Waals surface area contributed by atoms with Crippen molar-refractivity contribution in [1.29, 1.82) is 0 Å². The monoisotopic (exact) mass is 605 g/mol. The average molecular weight is 606 g/mol. The van der Waals surface area contributed by atoms with E-state index in [0.717, 1.165) is 6.42 Å². The van der Waals surface area contributed by atoms with E-state index in [-0.39, 0.29) is 6.16 Å². The number of rotatable bonds is 14. The molecule has 230 valence electrons. The van der Waals surface area contributed by atoms with Crippen LogP contribution in [0, 0.1) is 10.8 Å². The first-order valence-electron chi connectivity index (χ1n) is 13.5. The number of benzene rings is 1. The van der Waals surface area contributed by atoms with Crippen LogP contribution in [-0.2, 0) is 45.4 Å². The first-order valence-corrected chi connectivity index (χ1v) is 15.3. The molecule has 42 heavy (non-hydrogen) atoms. The number of fused-ring (bicyclic) bond motifs is 1. The Balaban J connectivity index is 1.61. The minimum absolute atomic E-state index is 0.203. The van der Waals surface area contributed by atoms with Crippen LogP contribution in [0.2, 0.25) is 0 Å². The highest BCUT2D eigenvalue weighted by atomic mass is 31.2. The van der Waals surface area contributed by atoms with Gasteiger partial charge in [0.1, 0.15) is 17.6 Å². The third-order valence-corrected chi connectivity index (χ3v) is 7.65. The van der Waals surface area contributed by atoms with E-state index in [4.69, 9.17) is 29.0 Å². The molecule has 2 aromatic heterocycles. The van der Waals surface area contributed by atoms with Crippen LogP contribution in [0.15, 0.2) is 36.9 Å². The maximum atomic E-state index is 13.7. The summed E-state index contributed by atoms with van der Waals surface area (Å²) >= 11 is 0. The van der Waals surface area contributed by atoms with Gasteiger partial charge in [-0.25, -0.2) is 15.0 Å². The summed E-state index contributed by atoms with van der Waals surface area (Å²) in [6.07, 6.45) is 4.38. The highest BCUT2D eigenvalue weighted by molar-refractivity contribution is 7.53. The number of aryl methyl sites for hydroxylation is 1. The van der Waals surface area contributed by atoms with Crippen molar-refractivity contribution in [3.05, 3.63) is 42.5 Å². The van der Waals surface area contributed by atoms with Crippen molar-refractivity contribution in [2.24, 2.45) is 10.8 Å². The maximum absolute atomic E-state index is 13.7. The lowest BCUT2D eigenvalue weighted by molar-refractivity contribution is -0.162. The van der Waals surface area contributed by atoms with Gasteiger partial charge in [-0.3, -0.25) is 23.2 Å². The third kappa shape index (κ3) is 9.50. The molecule has 13 nitrogen and oxygen atoms in total. The fourth-order valence-corrected chi connectivity index (χ4v) is 4.86. The standard InChI is InChI=1S/C28H40N5O8P/c1-27(2,3)25(34)38-18-40-42(36,41-19-39-26(35)28(4,5)6)15-20-11-7-8-12-21(20)37-14-10-9-13-33-17-32-22-23(29)30-16-31-24(22)33/h7-8,11-12,16-17H,9-10,13-15,18-19H2,1-6H3,(H2,29,30,31). The minimum Gasteiger partial charge on any atom is -0.493 e. The smallest absolute Gasteiger partial charge is 0.340 e. The quantitative estimate of drug-likeness (QED) is 0.112. The number of para-hydroxylation sites is 1. The summed E-state index contributed by atoms with van der Waals surface area (Å²) in [6, 6.07) is 7.05. The normalized spacial score (nSPS) is 12.3. The molecule has 0 spiro atoms. The van der Waals surface area contributed by atoms with Crippen LogP contribution in [0.5, 0.6) is 5.75 Å². The highest BCUT2D eigenvalue weighted by Gasteiger charge is 2.31. The number of unbranched alkanes of at least 4 members (excludes halogenated alkanes) is 1. The number of nitrogens with zero attached hydrogens (tertiary/aromatic N) is 4. The zero-order chi connectivity index (χ0) is 31.0. The molecule has 3 aromatic rings. The summed E-state index contributed by atoms with van der Waals surface area (Å²) in [5, 5.41) is 0. The number of nitrogen functional groups attached to an aromatic ring is 1. The first-order chi connectivity index (χ1) is 19.7. The molecule has 0 aliphatic carbocycles. The number of carbonyl (C=O) groups is 2. The van der Waals surface area contributed by atoms with Crippen molar-refractivity contribution in [2.45, 2.75) is 67.1 Å². The van der Waals surface area contributed by atoms with Gasteiger partial charge >= 0.3 is 19.5 Å². The molecule has 1 aromatic carbocycles. The number of hydrogen-bond donors (Lipinski definition) is 1. The summed E-state index contributed by atoms with van der Waals surface area (Å²) in [5.74, 6) is -0.228. The molecule has 0 aliphatic rings. The number of hydrogen-bond acceptors (Lipinski definition) is 12. The van der Waals surface area contributed by atoms with E-state index < -0.39 is 44.0 Å². The fourth-order valence-electron chi connectivity index (χ4n) is 3.49. The molecule has 0 amide bonds. The van der Waals surface area contributed by atoms with Gasteiger partial charge in [0, 0.05) is 12.1 Å². The number of aromatic nitrogens is 4. The summed E-state index contributed by atoms with van der Waals surface area (Å²) in [6.45, 7) is 9.99. The number of nitrogens with two attached hydrogens (primary N) is 1. The van der Waals surface area contributed by atoms with Crippen LogP contribution in [0.3, 0.4) is 0 Å². The van der Waals surface area contributed by atoms with Crippen LogP contribution in [-0.4, -0.2) is 51.7 Å². The van der Waals surface area contributed by atoms with Crippen LogP contribution in [0.4, 0.5) is 5.82 Å². The lowest BCUT2D eigenvalue weighted by atomic mass is 9.98. The van der Waals surface area contributed by atoms with Crippen molar-refractivity contribution < 1.29 is 37.4 Å². The number of esters is 2. The van der Waals surface area contributed by atoms with Gasteiger partial charge in [0.15, 0.2) is 11.5 Å². The summed E-state index contributed by atoms with van der Waals surface area (Å²) in [7, 11) is -3.96. The molecule has 3 rings (SSSR count). The zero-order valence-electron chi connectivity index (χ0n) is 25.0. The molecule has 0 unspecified atom stereocenters. The van der Waals surface area contributed by atoms with Crippen molar-refractivity contribution in [3.8, 4) is 5.75 Å². The van der Waals surface area contributed by atoms with E-state index in [2.05, 4.69) is 15.0 Å². The zero-order valence-corrected chi connectivity index (χ0v) is 25.9. The lowest BCUT2D eigenvalue weighted by Crippen LogP contribution is -2.25. The van der Waals surface area contributed by atoms with E-state index in [1.165, 1.54) is 6.33 Å². The Bertz CT molecular complexity index is 1380. The largest absolute Gasteiger partial charge is 0.493 e. The van der Waals surface area contributed by atoms with Crippen molar-refractivity contribution in [1.82, 2.24) is 19.5 Å². The predicted octanol–water partition coefficient (Wildman–Crippen LogP) is 5.09. The molecule has 0 atom stereocenters. The Morgan fingerprint density at radius 1 is 0.905 bits per heavy atom.